The third-order valence-corrected chi connectivity index (χ3v) is 6.42. The molecule has 0 saturated heterocycles. The van der Waals surface area contributed by atoms with E-state index in [4.69, 9.17) is 0 Å². The maximum Gasteiger partial charge on any atom is 0.136 e. The molecule has 1 aromatic rings. The largest absolute Gasteiger partial charge is 0.299 e. The number of Topliss-reactive ketones (excluding diaryl/α,β-unsaturated/α-hetero) is 2. The second kappa shape index (κ2) is 5.64. The van der Waals surface area contributed by atoms with Crippen LogP contribution >= 0.6 is 0 Å². The van der Waals surface area contributed by atoms with Crippen LogP contribution in [-0.4, -0.2) is 11.6 Å². The lowest BCUT2D eigenvalue weighted by Gasteiger charge is -2.40. The first-order valence-electron chi connectivity index (χ1n) is 8.83. The summed E-state index contributed by atoms with van der Waals surface area (Å²) in [5.41, 5.74) is 1.27. The van der Waals surface area contributed by atoms with Crippen molar-refractivity contribution in [2.45, 2.75) is 44.9 Å². The maximum atomic E-state index is 12.8. The van der Waals surface area contributed by atoms with E-state index in [1.54, 1.807) is 0 Å². The first-order chi connectivity index (χ1) is 10.7. The quantitative estimate of drug-likeness (QED) is 0.831. The molecule has 0 spiro atoms. The van der Waals surface area contributed by atoms with Gasteiger partial charge in [0.1, 0.15) is 11.6 Å². The zero-order chi connectivity index (χ0) is 15.1. The molecule has 0 radical (unpaired) electrons. The zero-order valence-electron chi connectivity index (χ0n) is 13.0. The molecule has 3 saturated carbocycles. The number of carbonyl (C=O) groups excluding carboxylic acids is 2. The number of hydrogen-bond donors (Lipinski definition) is 0. The normalized spacial score (nSPS) is 37.7. The van der Waals surface area contributed by atoms with Gasteiger partial charge in [-0.2, -0.15) is 0 Å². The van der Waals surface area contributed by atoms with Crippen LogP contribution in [0, 0.1) is 29.6 Å². The molecule has 1 aromatic carbocycles. The highest BCUT2D eigenvalue weighted by molar-refractivity contribution is 5.86. The van der Waals surface area contributed by atoms with E-state index in [1.807, 2.05) is 6.07 Å². The van der Waals surface area contributed by atoms with Gasteiger partial charge in [-0.1, -0.05) is 30.3 Å². The van der Waals surface area contributed by atoms with Crippen molar-refractivity contribution in [2.24, 2.45) is 29.6 Å². The lowest BCUT2D eigenvalue weighted by Crippen LogP contribution is -2.42. The summed E-state index contributed by atoms with van der Waals surface area (Å²) >= 11 is 0. The number of rotatable bonds is 2. The van der Waals surface area contributed by atoms with E-state index in [0.29, 0.717) is 29.3 Å². The van der Waals surface area contributed by atoms with E-state index in [1.165, 1.54) is 5.56 Å². The minimum atomic E-state index is 0.148. The van der Waals surface area contributed by atoms with Gasteiger partial charge in [0, 0.05) is 24.7 Å². The molecule has 0 heterocycles. The van der Waals surface area contributed by atoms with Crippen molar-refractivity contribution >= 4 is 11.6 Å². The van der Waals surface area contributed by atoms with Crippen LogP contribution < -0.4 is 0 Å². The second-order valence-electron chi connectivity index (χ2n) is 7.51. The molecule has 0 bridgehead atoms. The summed E-state index contributed by atoms with van der Waals surface area (Å²) in [6, 6.07) is 10.4. The van der Waals surface area contributed by atoms with Gasteiger partial charge in [-0.15, -0.1) is 0 Å². The number of hydrogen-bond acceptors (Lipinski definition) is 2. The molecule has 2 nitrogen and oxygen atoms in total. The monoisotopic (exact) mass is 296 g/mol. The number of carbonyl (C=O) groups is 2. The van der Waals surface area contributed by atoms with Gasteiger partial charge < -0.3 is 0 Å². The molecular formula is C20H24O2. The summed E-state index contributed by atoms with van der Waals surface area (Å²) < 4.78 is 0. The van der Waals surface area contributed by atoms with Gasteiger partial charge in [-0.25, -0.2) is 0 Å². The van der Waals surface area contributed by atoms with Gasteiger partial charge in [-0.3, -0.25) is 9.59 Å². The SMILES string of the molecule is O=C1CCC[C@H]2[C@@H]3[C@@H](CC[C@H]13)CC(=O)[C@@H]2Cc1ccccc1. The average Bonchev–Trinajstić information content (AvgIpc) is 2.86. The highest BCUT2D eigenvalue weighted by Gasteiger charge is 2.52. The molecule has 0 N–H and O–H groups in total. The van der Waals surface area contributed by atoms with Crippen molar-refractivity contribution in [2.75, 3.05) is 0 Å². The molecule has 22 heavy (non-hydrogen) atoms. The summed E-state index contributed by atoms with van der Waals surface area (Å²) in [5, 5.41) is 0. The topological polar surface area (TPSA) is 34.1 Å². The average molecular weight is 296 g/mol. The van der Waals surface area contributed by atoms with Crippen molar-refractivity contribution in [1.82, 2.24) is 0 Å². The van der Waals surface area contributed by atoms with Crippen LogP contribution in [0.4, 0.5) is 0 Å². The summed E-state index contributed by atoms with van der Waals surface area (Å²) in [6.45, 7) is 0. The van der Waals surface area contributed by atoms with Gasteiger partial charge in [0.15, 0.2) is 0 Å². The Balaban J connectivity index is 1.64. The Morgan fingerprint density at radius 3 is 2.59 bits per heavy atom. The van der Waals surface area contributed by atoms with Crippen molar-refractivity contribution in [3.05, 3.63) is 35.9 Å². The van der Waals surface area contributed by atoms with E-state index in [2.05, 4.69) is 24.3 Å². The van der Waals surface area contributed by atoms with E-state index in [0.717, 1.165) is 44.9 Å². The third kappa shape index (κ3) is 2.33. The molecule has 116 valence electrons. The lowest BCUT2D eigenvalue weighted by molar-refractivity contribution is -0.133. The van der Waals surface area contributed by atoms with E-state index >= 15 is 0 Å². The molecule has 3 fully saturated rings. The Kier molecular flexibility index (Phi) is 3.63. The van der Waals surface area contributed by atoms with Crippen LogP contribution in [0.1, 0.15) is 44.1 Å². The van der Waals surface area contributed by atoms with Crippen molar-refractivity contribution in [1.29, 1.82) is 0 Å². The van der Waals surface area contributed by atoms with Gasteiger partial charge in [0.05, 0.1) is 0 Å². The Morgan fingerprint density at radius 1 is 0.955 bits per heavy atom. The smallest absolute Gasteiger partial charge is 0.136 e. The molecule has 2 heteroatoms. The van der Waals surface area contributed by atoms with E-state index < -0.39 is 0 Å². The van der Waals surface area contributed by atoms with Gasteiger partial charge in [0.25, 0.3) is 0 Å². The van der Waals surface area contributed by atoms with Crippen molar-refractivity contribution < 1.29 is 9.59 Å². The fourth-order valence-corrected chi connectivity index (χ4v) is 5.51. The molecule has 0 aromatic heterocycles. The fourth-order valence-electron chi connectivity index (χ4n) is 5.51. The van der Waals surface area contributed by atoms with Crippen molar-refractivity contribution in [3.63, 3.8) is 0 Å². The second-order valence-corrected chi connectivity index (χ2v) is 7.51. The Bertz CT molecular complexity index is 577. The fraction of sp³-hybridized carbons (Fsp3) is 0.600. The minimum absolute atomic E-state index is 0.148. The summed E-state index contributed by atoms with van der Waals surface area (Å²) in [4.78, 5) is 25.1. The molecule has 0 amide bonds. The Hall–Kier alpha value is -1.44. The molecule has 0 aliphatic heterocycles. The number of benzene rings is 1. The number of ketones is 2. The van der Waals surface area contributed by atoms with Crippen LogP contribution in [0.2, 0.25) is 0 Å². The third-order valence-electron chi connectivity index (χ3n) is 6.42. The first kappa shape index (κ1) is 14.2. The predicted octanol–water partition coefficient (Wildman–Crippen LogP) is 3.83. The summed E-state index contributed by atoms with van der Waals surface area (Å²) in [6.07, 6.45) is 6.54. The standard InChI is InChI=1S/C20H24O2/c21-18-8-4-7-15-17(11-13-5-2-1-3-6-13)19(22)12-14-9-10-16(18)20(14)15/h1-3,5-6,14-17,20H,4,7-12H2/t14-,15+,16+,17+,20-/m0/s1. The van der Waals surface area contributed by atoms with Gasteiger partial charge in [-0.05, 0) is 55.4 Å². The van der Waals surface area contributed by atoms with Crippen LogP contribution in [-0.2, 0) is 16.0 Å². The zero-order valence-corrected chi connectivity index (χ0v) is 13.0. The highest BCUT2D eigenvalue weighted by Crippen LogP contribution is 2.53. The summed E-state index contributed by atoms with van der Waals surface area (Å²) in [5.74, 6) is 2.82. The predicted molar refractivity (Wildman–Crippen MR) is 85.3 cm³/mol. The van der Waals surface area contributed by atoms with Crippen molar-refractivity contribution in [3.8, 4) is 0 Å². The van der Waals surface area contributed by atoms with Gasteiger partial charge >= 0.3 is 0 Å². The van der Waals surface area contributed by atoms with Crippen LogP contribution in [0.5, 0.6) is 0 Å². The molecule has 4 rings (SSSR count). The molecule has 3 aliphatic rings. The summed E-state index contributed by atoms with van der Waals surface area (Å²) in [7, 11) is 0. The van der Waals surface area contributed by atoms with E-state index in [-0.39, 0.29) is 11.8 Å². The van der Waals surface area contributed by atoms with Crippen LogP contribution in [0.3, 0.4) is 0 Å². The molecule has 3 aliphatic carbocycles. The Morgan fingerprint density at radius 2 is 1.77 bits per heavy atom. The van der Waals surface area contributed by atoms with Crippen LogP contribution in [0.15, 0.2) is 30.3 Å². The Labute approximate surface area is 132 Å². The van der Waals surface area contributed by atoms with Gasteiger partial charge in [0.2, 0.25) is 0 Å². The maximum absolute atomic E-state index is 12.8. The molecule has 0 unspecified atom stereocenters. The molecular weight excluding hydrogens is 272 g/mol. The lowest BCUT2D eigenvalue weighted by atomic mass is 9.63. The minimum Gasteiger partial charge on any atom is -0.299 e. The van der Waals surface area contributed by atoms with Crippen LogP contribution in [0.25, 0.3) is 0 Å². The highest BCUT2D eigenvalue weighted by atomic mass is 16.1. The first-order valence-corrected chi connectivity index (χ1v) is 8.83. The van der Waals surface area contributed by atoms with E-state index in [9.17, 15) is 9.59 Å². The molecule has 5 atom stereocenters.